The van der Waals surface area contributed by atoms with Crippen LogP contribution in [0.25, 0.3) is 0 Å². The molecule has 1 aliphatic rings. The van der Waals surface area contributed by atoms with E-state index in [4.69, 9.17) is 0 Å². The van der Waals surface area contributed by atoms with E-state index >= 15 is 0 Å². The Kier molecular flexibility index (Phi) is 3.93. The second-order valence-electron chi connectivity index (χ2n) is 4.78. The maximum absolute atomic E-state index is 13.6. The van der Waals surface area contributed by atoms with Gasteiger partial charge in [-0.25, -0.2) is 8.78 Å². The van der Waals surface area contributed by atoms with Crippen molar-refractivity contribution in [3.63, 3.8) is 0 Å². The van der Waals surface area contributed by atoms with Gasteiger partial charge < -0.3 is 0 Å². The second-order valence-corrected chi connectivity index (χ2v) is 4.78. The highest BCUT2D eigenvalue weighted by atomic mass is 19.2. The van der Waals surface area contributed by atoms with Crippen LogP contribution >= 0.6 is 0 Å². The van der Waals surface area contributed by atoms with Crippen molar-refractivity contribution in [2.75, 3.05) is 0 Å². The molecule has 0 atom stereocenters. The van der Waals surface area contributed by atoms with Crippen LogP contribution in [-0.4, -0.2) is 0 Å². The van der Waals surface area contributed by atoms with E-state index in [0.29, 0.717) is 11.5 Å². The highest BCUT2D eigenvalue weighted by Gasteiger charge is 2.23. The predicted octanol–water partition coefficient (Wildman–Crippen LogP) is 4.81. The first-order chi connectivity index (χ1) is 8.22. The van der Waals surface area contributed by atoms with Gasteiger partial charge in [-0.05, 0) is 56.1 Å². The Morgan fingerprint density at radius 3 is 2.47 bits per heavy atom. The van der Waals surface area contributed by atoms with Gasteiger partial charge in [0, 0.05) is 0 Å². The number of benzene rings is 1. The van der Waals surface area contributed by atoms with E-state index < -0.39 is 11.6 Å². The van der Waals surface area contributed by atoms with E-state index in [1.807, 2.05) is 6.92 Å². The van der Waals surface area contributed by atoms with Crippen LogP contribution in [0.2, 0.25) is 0 Å². The number of allylic oxidation sites excluding steroid dienone is 2. The molecular weight excluding hydrogens is 218 g/mol. The van der Waals surface area contributed by atoms with Crippen LogP contribution in [0.1, 0.15) is 44.1 Å². The molecule has 1 aromatic rings. The molecule has 2 rings (SSSR count). The molecule has 1 aromatic carbocycles. The first-order valence-corrected chi connectivity index (χ1v) is 6.29. The molecule has 0 radical (unpaired) electrons. The maximum Gasteiger partial charge on any atom is 0.162 e. The number of halogens is 2. The normalized spacial score (nSPS) is 25.4. The van der Waals surface area contributed by atoms with Gasteiger partial charge in [-0.1, -0.05) is 24.3 Å². The molecule has 2 heteroatoms. The molecule has 0 aromatic heterocycles. The second kappa shape index (κ2) is 5.44. The third-order valence-electron chi connectivity index (χ3n) is 3.66. The van der Waals surface area contributed by atoms with E-state index in [-0.39, 0.29) is 5.92 Å². The van der Waals surface area contributed by atoms with E-state index in [1.54, 1.807) is 12.1 Å². The third-order valence-corrected chi connectivity index (χ3v) is 3.66. The molecule has 92 valence electrons. The zero-order valence-corrected chi connectivity index (χ0v) is 10.1. The maximum atomic E-state index is 13.6. The number of hydrogen-bond donors (Lipinski definition) is 0. The standard InChI is InChI=1S/C15H18F2/c1-2-4-11-7-9-12(10-8-11)13-5-3-6-14(16)15(13)17/h2-6,11-12H,7-10H2,1H3. The minimum Gasteiger partial charge on any atom is -0.204 e. The van der Waals surface area contributed by atoms with Gasteiger partial charge in [-0.3, -0.25) is 0 Å². The molecular formula is C15H18F2. The lowest BCUT2D eigenvalue weighted by atomic mass is 9.78. The fourth-order valence-corrected chi connectivity index (χ4v) is 2.73. The lowest BCUT2D eigenvalue weighted by Gasteiger charge is -2.27. The summed E-state index contributed by atoms with van der Waals surface area (Å²) in [6.07, 6.45) is 8.35. The molecule has 0 amide bonds. The van der Waals surface area contributed by atoms with E-state index in [9.17, 15) is 8.78 Å². The number of hydrogen-bond acceptors (Lipinski definition) is 0. The minimum atomic E-state index is -0.724. The minimum absolute atomic E-state index is 0.187. The average Bonchev–Trinajstić information content (AvgIpc) is 2.34. The molecule has 0 N–H and O–H groups in total. The van der Waals surface area contributed by atoms with Crippen molar-refractivity contribution in [3.05, 3.63) is 47.5 Å². The Morgan fingerprint density at radius 2 is 1.82 bits per heavy atom. The van der Waals surface area contributed by atoms with Crippen LogP contribution in [0.3, 0.4) is 0 Å². The zero-order valence-electron chi connectivity index (χ0n) is 10.1. The summed E-state index contributed by atoms with van der Waals surface area (Å²) in [7, 11) is 0. The van der Waals surface area contributed by atoms with Gasteiger partial charge in [0.25, 0.3) is 0 Å². The largest absolute Gasteiger partial charge is 0.204 e. The molecule has 0 spiro atoms. The first kappa shape index (κ1) is 12.3. The molecule has 1 aliphatic carbocycles. The average molecular weight is 236 g/mol. The molecule has 1 saturated carbocycles. The summed E-state index contributed by atoms with van der Waals surface area (Å²) < 4.78 is 26.8. The van der Waals surface area contributed by atoms with Crippen molar-refractivity contribution in [2.24, 2.45) is 5.92 Å². The Bertz CT molecular complexity index is 401. The van der Waals surface area contributed by atoms with Crippen molar-refractivity contribution in [3.8, 4) is 0 Å². The van der Waals surface area contributed by atoms with Crippen LogP contribution in [-0.2, 0) is 0 Å². The topological polar surface area (TPSA) is 0 Å². The Labute approximate surface area is 101 Å². The van der Waals surface area contributed by atoms with Crippen LogP contribution in [0.5, 0.6) is 0 Å². The zero-order chi connectivity index (χ0) is 12.3. The van der Waals surface area contributed by atoms with Crippen LogP contribution < -0.4 is 0 Å². The fourth-order valence-electron chi connectivity index (χ4n) is 2.73. The molecule has 0 saturated heterocycles. The Balaban J connectivity index is 2.08. The first-order valence-electron chi connectivity index (χ1n) is 6.29. The SMILES string of the molecule is CC=CC1CCC(c2cccc(F)c2F)CC1. The third kappa shape index (κ3) is 2.74. The monoisotopic (exact) mass is 236 g/mol. The lowest BCUT2D eigenvalue weighted by molar-refractivity contribution is 0.364. The van der Waals surface area contributed by atoms with Gasteiger partial charge in [-0.2, -0.15) is 0 Å². The van der Waals surface area contributed by atoms with E-state index in [2.05, 4.69) is 12.2 Å². The summed E-state index contributed by atoms with van der Waals surface area (Å²) in [5.74, 6) is -0.569. The molecule has 0 bridgehead atoms. The quantitative estimate of drug-likeness (QED) is 0.646. The van der Waals surface area contributed by atoms with Gasteiger partial charge in [0.05, 0.1) is 0 Å². The molecule has 0 aliphatic heterocycles. The van der Waals surface area contributed by atoms with Gasteiger partial charge in [-0.15, -0.1) is 0 Å². The fraction of sp³-hybridized carbons (Fsp3) is 0.467. The van der Waals surface area contributed by atoms with Gasteiger partial charge in [0.2, 0.25) is 0 Å². The highest BCUT2D eigenvalue weighted by molar-refractivity contribution is 5.23. The molecule has 0 unspecified atom stereocenters. The van der Waals surface area contributed by atoms with Crippen molar-refractivity contribution in [1.29, 1.82) is 0 Å². The highest BCUT2D eigenvalue weighted by Crippen LogP contribution is 2.37. The predicted molar refractivity (Wildman–Crippen MR) is 65.9 cm³/mol. The van der Waals surface area contributed by atoms with Crippen LogP contribution in [0.15, 0.2) is 30.4 Å². The Hall–Kier alpha value is -1.18. The van der Waals surface area contributed by atoms with E-state index in [0.717, 1.165) is 25.7 Å². The molecule has 17 heavy (non-hydrogen) atoms. The van der Waals surface area contributed by atoms with Gasteiger partial charge in [0.1, 0.15) is 0 Å². The summed E-state index contributed by atoms with van der Waals surface area (Å²) in [6.45, 7) is 2.03. The van der Waals surface area contributed by atoms with Crippen LogP contribution in [0.4, 0.5) is 8.78 Å². The smallest absolute Gasteiger partial charge is 0.162 e. The number of rotatable bonds is 2. The summed E-state index contributed by atoms with van der Waals surface area (Å²) in [6, 6.07) is 4.51. The molecule has 0 nitrogen and oxygen atoms in total. The molecule has 0 heterocycles. The lowest BCUT2D eigenvalue weighted by Crippen LogP contribution is -2.13. The van der Waals surface area contributed by atoms with Crippen molar-refractivity contribution >= 4 is 0 Å². The van der Waals surface area contributed by atoms with Crippen molar-refractivity contribution in [1.82, 2.24) is 0 Å². The molecule has 1 fully saturated rings. The summed E-state index contributed by atoms with van der Waals surface area (Å²) in [4.78, 5) is 0. The van der Waals surface area contributed by atoms with E-state index in [1.165, 1.54) is 6.07 Å². The van der Waals surface area contributed by atoms with Crippen molar-refractivity contribution in [2.45, 2.75) is 38.5 Å². The summed E-state index contributed by atoms with van der Waals surface area (Å²) in [5.41, 5.74) is 0.559. The Morgan fingerprint density at radius 1 is 1.12 bits per heavy atom. The van der Waals surface area contributed by atoms with Gasteiger partial charge >= 0.3 is 0 Å². The van der Waals surface area contributed by atoms with Crippen molar-refractivity contribution < 1.29 is 8.78 Å². The van der Waals surface area contributed by atoms with Crippen LogP contribution in [0, 0.1) is 17.6 Å². The summed E-state index contributed by atoms with van der Waals surface area (Å²) >= 11 is 0. The summed E-state index contributed by atoms with van der Waals surface area (Å²) in [5, 5.41) is 0. The van der Waals surface area contributed by atoms with Gasteiger partial charge in [0.15, 0.2) is 11.6 Å².